The monoisotopic (exact) mass is 264 g/mol. The molecule has 98 valence electrons. The predicted molar refractivity (Wildman–Crippen MR) is 73.8 cm³/mol. The molecule has 0 fully saturated rings. The lowest BCUT2D eigenvalue weighted by atomic mass is 9.97. The van der Waals surface area contributed by atoms with Gasteiger partial charge in [-0.25, -0.2) is 4.85 Å². The van der Waals surface area contributed by atoms with Crippen molar-refractivity contribution in [2.45, 2.75) is 12.2 Å². The van der Waals surface area contributed by atoms with Gasteiger partial charge < -0.3 is 10.2 Å². The Morgan fingerprint density at radius 1 is 1.00 bits per heavy atom. The summed E-state index contributed by atoms with van der Waals surface area (Å²) in [7, 11) is 0. The molecule has 2 aromatic rings. The Kier molecular flexibility index (Phi) is 4.12. The average molecular weight is 264 g/mol. The molecule has 0 spiro atoms. The summed E-state index contributed by atoms with van der Waals surface area (Å²) in [6.45, 7) is 7.00. The minimum atomic E-state index is -1.19. The maximum atomic E-state index is 10.2. The van der Waals surface area contributed by atoms with Gasteiger partial charge in [-0.3, -0.25) is 0 Å². The van der Waals surface area contributed by atoms with Crippen molar-refractivity contribution in [1.29, 1.82) is 5.26 Å². The first kappa shape index (κ1) is 13.8. The van der Waals surface area contributed by atoms with E-state index < -0.39 is 12.2 Å². The predicted octanol–water partition coefficient (Wildman–Crippen LogP) is 2.88. The zero-order valence-corrected chi connectivity index (χ0v) is 10.6. The third kappa shape index (κ3) is 2.84. The quantitative estimate of drug-likeness (QED) is 0.837. The smallest absolute Gasteiger partial charge is 0.188 e. The van der Waals surface area contributed by atoms with Crippen LogP contribution in [0.2, 0.25) is 0 Å². The molecule has 0 aromatic heterocycles. The number of aliphatic hydroxyl groups is 2. The highest BCUT2D eigenvalue weighted by atomic mass is 16.3. The summed E-state index contributed by atoms with van der Waals surface area (Å²) in [4.78, 5) is 3.26. The zero-order valence-electron chi connectivity index (χ0n) is 10.6. The van der Waals surface area contributed by atoms with Crippen molar-refractivity contribution in [1.82, 2.24) is 0 Å². The fourth-order valence-corrected chi connectivity index (χ4v) is 1.95. The normalized spacial score (nSPS) is 13.0. The molecule has 0 aliphatic carbocycles. The molecule has 0 saturated carbocycles. The van der Waals surface area contributed by atoms with Crippen molar-refractivity contribution in [2.75, 3.05) is 0 Å². The van der Waals surface area contributed by atoms with E-state index in [-0.39, 0.29) is 11.3 Å². The number of benzene rings is 2. The van der Waals surface area contributed by atoms with E-state index in [1.807, 2.05) is 12.1 Å². The Morgan fingerprint density at radius 2 is 1.65 bits per heavy atom. The second-order valence-electron chi connectivity index (χ2n) is 4.34. The van der Waals surface area contributed by atoms with Gasteiger partial charge in [-0.2, -0.15) is 5.26 Å². The van der Waals surface area contributed by atoms with Gasteiger partial charge in [-0.05, 0) is 23.3 Å². The first-order valence-electron chi connectivity index (χ1n) is 5.99. The van der Waals surface area contributed by atoms with E-state index in [1.165, 1.54) is 18.2 Å². The summed E-state index contributed by atoms with van der Waals surface area (Å²) >= 11 is 0. The third-order valence-corrected chi connectivity index (χ3v) is 2.98. The summed E-state index contributed by atoms with van der Waals surface area (Å²) in [5.74, 6) is 0. The van der Waals surface area contributed by atoms with Crippen LogP contribution in [0.5, 0.6) is 0 Å². The molecule has 2 aromatic carbocycles. The Hall–Kier alpha value is -2.66. The van der Waals surface area contributed by atoms with Gasteiger partial charge in [-0.15, -0.1) is 0 Å². The van der Waals surface area contributed by atoms with Gasteiger partial charge >= 0.3 is 0 Å². The van der Waals surface area contributed by atoms with Crippen LogP contribution in [0.1, 0.15) is 28.9 Å². The van der Waals surface area contributed by atoms with Gasteiger partial charge in [0.2, 0.25) is 0 Å². The highest BCUT2D eigenvalue weighted by Crippen LogP contribution is 2.31. The van der Waals surface area contributed by atoms with E-state index in [0.717, 1.165) is 0 Å². The summed E-state index contributed by atoms with van der Waals surface area (Å²) in [6.07, 6.45) is -2.30. The molecule has 0 heterocycles. The van der Waals surface area contributed by atoms with Gasteiger partial charge in [0.25, 0.3) is 0 Å². The average Bonchev–Trinajstić information content (AvgIpc) is 2.53. The van der Waals surface area contributed by atoms with E-state index in [9.17, 15) is 10.2 Å². The van der Waals surface area contributed by atoms with Crippen molar-refractivity contribution >= 4 is 5.69 Å². The fraction of sp³-hybridized carbons (Fsp3) is 0.125. The lowest BCUT2D eigenvalue weighted by Crippen LogP contribution is -2.10. The summed E-state index contributed by atoms with van der Waals surface area (Å²) in [5.41, 5.74) is 1.48. The van der Waals surface area contributed by atoms with E-state index in [2.05, 4.69) is 4.85 Å². The molecule has 0 aliphatic heterocycles. The van der Waals surface area contributed by atoms with Crippen LogP contribution in [-0.4, -0.2) is 10.2 Å². The molecule has 20 heavy (non-hydrogen) atoms. The maximum absolute atomic E-state index is 10.2. The number of nitrogens with zero attached hydrogens (tertiary/aromatic N) is 2. The van der Waals surface area contributed by atoms with Crippen LogP contribution in [0, 0.1) is 17.9 Å². The third-order valence-electron chi connectivity index (χ3n) is 2.98. The lowest BCUT2D eigenvalue weighted by molar-refractivity contribution is 0.0173. The number of rotatable bonds is 3. The largest absolute Gasteiger partial charge is 0.385 e. The van der Waals surface area contributed by atoms with Crippen molar-refractivity contribution in [3.63, 3.8) is 0 Å². The number of aliphatic hydroxyl groups excluding tert-OH is 2. The van der Waals surface area contributed by atoms with Crippen LogP contribution in [0.4, 0.5) is 5.69 Å². The van der Waals surface area contributed by atoms with Crippen LogP contribution in [0.15, 0.2) is 48.5 Å². The Balaban J connectivity index is 2.37. The topological polar surface area (TPSA) is 68.6 Å². The molecule has 0 saturated heterocycles. The highest BCUT2D eigenvalue weighted by Gasteiger charge is 2.20. The van der Waals surface area contributed by atoms with Crippen LogP contribution in [0.3, 0.4) is 0 Å². The summed E-state index contributed by atoms with van der Waals surface area (Å²) in [5, 5.41) is 29.3. The molecule has 0 aliphatic rings. The van der Waals surface area contributed by atoms with Crippen LogP contribution < -0.4 is 0 Å². The Labute approximate surface area is 117 Å². The van der Waals surface area contributed by atoms with E-state index in [0.29, 0.717) is 11.1 Å². The first-order valence-corrected chi connectivity index (χ1v) is 5.99. The summed E-state index contributed by atoms with van der Waals surface area (Å²) in [6, 6.07) is 15.1. The second-order valence-corrected chi connectivity index (χ2v) is 4.34. The van der Waals surface area contributed by atoms with Gasteiger partial charge in [0, 0.05) is 5.56 Å². The molecular formula is C16H12N2O2. The molecule has 2 unspecified atom stereocenters. The number of hydrogen-bond donors (Lipinski definition) is 2. The molecule has 2 rings (SSSR count). The molecule has 2 atom stereocenters. The van der Waals surface area contributed by atoms with Gasteiger partial charge in [-0.1, -0.05) is 36.4 Å². The molecule has 2 N–H and O–H groups in total. The van der Waals surface area contributed by atoms with Crippen LogP contribution in [-0.2, 0) is 0 Å². The Bertz CT molecular complexity index is 652. The summed E-state index contributed by atoms with van der Waals surface area (Å²) < 4.78 is 0. The molecule has 0 radical (unpaired) electrons. The van der Waals surface area contributed by atoms with Crippen molar-refractivity contribution in [3.05, 3.63) is 76.6 Å². The fourth-order valence-electron chi connectivity index (χ4n) is 1.95. The van der Waals surface area contributed by atoms with Crippen molar-refractivity contribution in [2.24, 2.45) is 0 Å². The number of nitriles is 1. The highest BCUT2D eigenvalue weighted by molar-refractivity contribution is 5.53. The maximum Gasteiger partial charge on any atom is 0.188 e. The Morgan fingerprint density at radius 3 is 2.25 bits per heavy atom. The first-order chi connectivity index (χ1) is 9.65. The zero-order chi connectivity index (χ0) is 14.5. The van der Waals surface area contributed by atoms with E-state index in [4.69, 9.17) is 11.8 Å². The van der Waals surface area contributed by atoms with Crippen LogP contribution in [0.25, 0.3) is 4.85 Å². The molecule has 0 bridgehead atoms. The SMILES string of the molecule is [C-]#[N+]c1cc(C#N)cc(C(O)C(O)c2ccccc2)c1. The van der Waals surface area contributed by atoms with Crippen LogP contribution >= 0.6 is 0 Å². The molecule has 4 heteroatoms. The van der Waals surface area contributed by atoms with Crippen molar-refractivity contribution in [3.8, 4) is 6.07 Å². The minimum Gasteiger partial charge on any atom is -0.385 e. The van der Waals surface area contributed by atoms with Gasteiger partial charge in [0.05, 0.1) is 12.6 Å². The minimum absolute atomic E-state index is 0.262. The van der Waals surface area contributed by atoms with Crippen molar-refractivity contribution < 1.29 is 10.2 Å². The molecule has 0 amide bonds. The second kappa shape index (κ2) is 5.99. The molecular weight excluding hydrogens is 252 g/mol. The van der Waals surface area contributed by atoms with E-state index in [1.54, 1.807) is 24.3 Å². The van der Waals surface area contributed by atoms with E-state index >= 15 is 0 Å². The molecule has 4 nitrogen and oxygen atoms in total. The lowest BCUT2D eigenvalue weighted by Gasteiger charge is -2.19. The van der Waals surface area contributed by atoms with Gasteiger partial charge in [0.15, 0.2) is 5.69 Å². The number of hydrogen-bond acceptors (Lipinski definition) is 3. The van der Waals surface area contributed by atoms with Gasteiger partial charge in [0.1, 0.15) is 12.2 Å². The standard InChI is InChI=1S/C16H12N2O2/c1-18-14-8-11(10-17)7-13(9-14)16(20)15(19)12-5-3-2-4-6-12/h2-9,15-16,19-20H.